The molecule has 1 aromatic heterocycles. The van der Waals surface area contributed by atoms with Crippen LogP contribution in [-0.4, -0.2) is 9.49 Å². The second kappa shape index (κ2) is 4.38. The summed E-state index contributed by atoms with van der Waals surface area (Å²) in [5.74, 6) is 0. The van der Waals surface area contributed by atoms with Crippen molar-refractivity contribution < 1.29 is 4.92 Å². The first-order chi connectivity index (χ1) is 9.09. The summed E-state index contributed by atoms with van der Waals surface area (Å²) in [6.07, 6.45) is 3.67. The third kappa shape index (κ3) is 1.83. The lowest BCUT2D eigenvalue weighted by Gasteiger charge is -1.99. The van der Waals surface area contributed by atoms with Crippen molar-refractivity contribution in [1.82, 2.24) is 4.57 Å². The third-order valence-electron chi connectivity index (χ3n) is 3.62. The van der Waals surface area contributed by atoms with Crippen LogP contribution in [0, 0.1) is 10.1 Å². The van der Waals surface area contributed by atoms with Gasteiger partial charge in [-0.15, -0.1) is 0 Å². The van der Waals surface area contributed by atoms with E-state index in [2.05, 4.69) is 4.57 Å². The second-order valence-electron chi connectivity index (χ2n) is 4.79. The summed E-state index contributed by atoms with van der Waals surface area (Å²) in [7, 11) is 0. The van der Waals surface area contributed by atoms with Gasteiger partial charge in [0.15, 0.2) is 0 Å². The Morgan fingerprint density at radius 1 is 1.53 bits per heavy atom. The van der Waals surface area contributed by atoms with Crippen LogP contribution >= 0.6 is 11.6 Å². The fourth-order valence-corrected chi connectivity index (χ4v) is 3.06. The average Bonchev–Trinajstić information content (AvgIpc) is 2.93. The Morgan fingerprint density at radius 3 is 3.05 bits per heavy atom. The molecule has 0 spiro atoms. The maximum atomic E-state index is 10.8. The van der Waals surface area contributed by atoms with Gasteiger partial charge in [-0.25, -0.2) is 0 Å². The van der Waals surface area contributed by atoms with Gasteiger partial charge in [0.25, 0.3) is 0 Å². The molecule has 0 saturated carbocycles. The van der Waals surface area contributed by atoms with Crippen LogP contribution in [-0.2, 0) is 13.0 Å². The van der Waals surface area contributed by atoms with Crippen molar-refractivity contribution >= 4 is 28.6 Å². The van der Waals surface area contributed by atoms with Crippen molar-refractivity contribution in [3.8, 4) is 0 Å². The van der Waals surface area contributed by atoms with E-state index in [1.807, 2.05) is 18.2 Å². The van der Waals surface area contributed by atoms with E-state index in [0.29, 0.717) is 5.02 Å². The van der Waals surface area contributed by atoms with Crippen LogP contribution in [0.3, 0.4) is 0 Å². The zero-order valence-electron chi connectivity index (χ0n) is 10.5. The van der Waals surface area contributed by atoms with Gasteiger partial charge < -0.3 is 4.57 Å². The molecule has 98 valence electrons. The molecule has 0 unspecified atom stereocenters. The summed E-state index contributed by atoms with van der Waals surface area (Å²) in [6.45, 7) is 2.47. The van der Waals surface area contributed by atoms with Gasteiger partial charge in [0.2, 0.25) is 5.70 Å². The van der Waals surface area contributed by atoms with Gasteiger partial charge in [0.1, 0.15) is 0 Å². The quantitative estimate of drug-likeness (QED) is 0.617. The van der Waals surface area contributed by atoms with Crippen LogP contribution in [0.25, 0.3) is 17.0 Å². The van der Waals surface area contributed by atoms with Crippen LogP contribution in [0.15, 0.2) is 23.9 Å². The molecule has 0 saturated heterocycles. The van der Waals surface area contributed by atoms with Gasteiger partial charge in [-0.1, -0.05) is 17.7 Å². The minimum absolute atomic E-state index is 0.141. The number of hydrogen-bond acceptors (Lipinski definition) is 2. The Balaban J connectivity index is 2.35. The number of nitro groups is 1. The molecule has 5 heteroatoms. The molecule has 0 radical (unpaired) electrons. The number of allylic oxidation sites excluding steroid dienone is 1. The predicted molar refractivity (Wildman–Crippen MR) is 75.9 cm³/mol. The van der Waals surface area contributed by atoms with Crippen LogP contribution in [0.1, 0.15) is 24.6 Å². The summed E-state index contributed by atoms with van der Waals surface area (Å²) in [5, 5.41) is 12.4. The monoisotopic (exact) mass is 276 g/mol. The molecule has 0 bridgehead atoms. The summed E-state index contributed by atoms with van der Waals surface area (Å²) in [6, 6.07) is 5.78. The first-order valence-electron chi connectivity index (χ1n) is 6.22. The van der Waals surface area contributed by atoms with Gasteiger partial charge >= 0.3 is 0 Å². The molecule has 0 N–H and O–H groups in total. The molecule has 1 aliphatic rings. The minimum Gasteiger partial charge on any atom is -0.344 e. The summed E-state index contributed by atoms with van der Waals surface area (Å²) in [4.78, 5) is 10.5. The lowest BCUT2D eigenvalue weighted by atomic mass is 10.1. The van der Waals surface area contributed by atoms with Gasteiger partial charge in [-0.05, 0) is 25.0 Å². The molecule has 0 aliphatic carbocycles. The van der Waals surface area contributed by atoms with E-state index >= 15 is 0 Å². The first kappa shape index (κ1) is 12.2. The molecule has 3 rings (SSSR count). The minimum atomic E-state index is -0.359. The van der Waals surface area contributed by atoms with E-state index in [9.17, 15) is 10.1 Å². The number of nitrogens with zero attached hydrogens (tertiary/aromatic N) is 2. The lowest BCUT2D eigenvalue weighted by molar-refractivity contribution is -0.422. The summed E-state index contributed by atoms with van der Waals surface area (Å²) >= 11 is 6.28. The van der Waals surface area contributed by atoms with Gasteiger partial charge in [0, 0.05) is 36.2 Å². The molecule has 2 aromatic rings. The zero-order valence-corrected chi connectivity index (χ0v) is 11.3. The van der Waals surface area contributed by atoms with Crippen molar-refractivity contribution in [3.63, 3.8) is 0 Å². The Labute approximate surface area is 115 Å². The lowest BCUT2D eigenvalue weighted by Crippen LogP contribution is -1.94. The van der Waals surface area contributed by atoms with Crippen LogP contribution < -0.4 is 0 Å². The van der Waals surface area contributed by atoms with Gasteiger partial charge in [0.05, 0.1) is 15.5 Å². The first-order valence-corrected chi connectivity index (χ1v) is 6.59. The number of aromatic nitrogens is 1. The maximum Gasteiger partial charge on any atom is 0.243 e. The molecule has 4 nitrogen and oxygen atoms in total. The van der Waals surface area contributed by atoms with Gasteiger partial charge in [-0.2, -0.15) is 0 Å². The van der Waals surface area contributed by atoms with E-state index in [1.54, 1.807) is 6.08 Å². The maximum absolute atomic E-state index is 10.8. The third-order valence-corrected chi connectivity index (χ3v) is 3.94. The molecule has 0 fully saturated rings. The SMILES string of the molecule is CC(=Cc1c2n(c3cccc(Cl)c13)CCC2)[N+](=O)[O-]. The predicted octanol–water partition coefficient (Wildman–Crippen LogP) is 3.88. The Morgan fingerprint density at radius 2 is 2.32 bits per heavy atom. The van der Waals surface area contributed by atoms with E-state index in [-0.39, 0.29) is 10.6 Å². The number of rotatable bonds is 2. The van der Waals surface area contributed by atoms with Crippen molar-refractivity contribution in [2.45, 2.75) is 26.3 Å². The summed E-state index contributed by atoms with van der Waals surface area (Å²) < 4.78 is 2.22. The number of halogens is 1. The molecular formula is C14H13ClN2O2. The molecule has 1 aromatic carbocycles. The average molecular weight is 277 g/mol. The van der Waals surface area contributed by atoms with Crippen molar-refractivity contribution in [2.24, 2.45) is 0 Å². The molecule has 2 heterocycles. The number of hydrogen-bond donors (Lipinski definition) is 0. The van der Waals surface area contributed by atoms with Crippen molar-refractivity contribution in [3.05, 3.63) is 50.3 Å². The fraction of sp³-hybridized carbons (Fsp3) is 0.286. The highest BCUT2D eigenvalue weighted by Crippen LogP contribution is 2.36. The normalized spacial score (nSPS) is 14.9. The van der Waals surface area contributed by atoms with Gasteiger partial charge in [-0.3, -0.25) is 10.1 Å². The smallest absolute Gasteiger partial charge is 0.243 e. The topological polar surface area (TPSA) is 48.1 Å². The van der Waals surface area contributed by atoms with E-state index < -0.39 is 0 Å². The number of benzene rings is 1. The fourth-order valence-electron chi connectivity index (χ4n) is 2.79. The Kier molecular flexibility index (Phi) is 2.82. The van der Waals surface area contributed by atoms with Crippen molar-refractivity contribution in [1.29, 1.82) is 0 Å². The number of aryl methyl sites for hydroxylation is 1. The highest BCUT2D eigenvalue weighted by atomic mass is 35.5. The second-order valence-corrected chi connectivity index (χ2v) is 5.20. The van der Waals surface area contributed by atoms with Crippen LogP contribution in [0.5, 0.6) is 0 Å². The van der Waals surface area contributed by atoms with E-state index in [0.717, 1.165) is 41.5 Å². The Bertz CT molecular complexity index is 716. The van der Waals surface area contributed by atoms with E-state index in [4.69, 9.17) is 11.6 Å². The highest BCUT2D eigenvalue weighted by Gasteiger charge is 2.22. The van der Waals surface area contributed by atoms with Crippen LogP contribution in [0.2, 0.25) is 5.02 Å². The molecule has 0 amide bonds. The van der Waals surface area contributed by atoms with Crippen molar-refractivity contribution in [2.75, 3.05) is 0 Å². The Hall–Kier alpha value is -1.81. The molecule has 19 heavy (non-hydrogen) atoms. The highest BCUT2D eigenvalue weighted by molar-refractivity contribution is 6.36. The van der Waals surface area contributed by atoms with E-state index in [1.165, 1.54) is 6.92 Å². The standard InChI is InChI=1S/C14H13ClN2O2/c1-9(17(18)19)8-10-12-6-3-7-16(12)13-5-2-4-11(15)14(10)13/h2,4-5,8H,3,6-7H2,1H3. The molecule has 1 aliphatic heterocycles. The molecular weight excluding hydrogens is 264 g/mol. The summed E-state index contributed by atoms with van der Waals surface area (Å²) in [5.41, 5.74) is 3.28. The van der Waals surface area contributed by atoms with Crippen LogP contribution in [0.4, 0.5) is 0 Å². The molecule has 0 atom stereocenters. The largest absolute Gasteiger partial charge is 0.344 e. The zero-order chi connectivity index (χ0) is 13.6. The number of fused-ring (bicyclic) bond motifs is 3.